The van der Waals surface area contributed by atoms with Crippen molar-refractivity contribution in [1.29, 1.82) is 0 Å². The van der Waals surface area contributed by atoms with Gasteiger partial charge >= 0.3 is 17.6 Å². The molecule has 10 nitrogen and oxygen atoms in total. The van der Waals surface area contributed by atoms with Crippen LogP contribution in [0.5, 0.6) is 11.5 Å². The predicted octanol–water partition coefficient (Wildman–Crippen LogP) is 5.12. The van der Waals surface area contributed by atoms with Crippen molar-refractivity contribution in [2.24, 2.45) is 23.2 Å². The highest BCUT2D eigenvalue weighted by molar-refractivity contribution is 5.90. The van der Waals surface area contributed by atoms with Crippen molar-refractivity contribution >= 4 is 11.9 Å². The number of carbonyl (C=O) groups is 2. The first kappa shape index (κ1) is 29.9. The SMILES string of the molecule is COc1cccc(C(=O)OC2CC3C(C)C(OC(C)=O)CCC3(C)C3C(O)c4c(cc(-c5cccnc5)oc4=O)OC23C)c1. The molecule has 10 heteroatoms. The molecule has 0 saturated heterocycles. The zero-order chi connectivity index (χ0) is 31.4. The van der Waals surface area contributed by atoms with Crippen LogP contribution in [-0.2, 0) is 14.3 Å². The van der Waals surface area contributed by atoms with Gasteiger partial charge in [0.1, 0.15) is 40.6 Å². The minimum absolute atomic E-state index is 0.0367. The standard InChI is InChI=1S/C34H37NO9/c1-18-23-15-27(43-31(38)20-8-6-10-22(14-20)40-5)34(4)30(33(23,3)12-11-24(18)41-19(2)36)29(37)28-26(44-34)16-25(42-32(28)39)21-9-7-13-35-17-21/h6-10,13-14,16-18,23-24,27,29-30,37H,11-12,15H2,1-5H3. The molecule has 232 valence electrons. The lowest BCUT2D eigenvalue weighted by atomic mass is 9.46. The zero-order valence-corrected chi connectivity index (χ0v) is 25.4. The molecule has 1 aliphatic heterocycles. The third-order valence-corrected chi connectivity index (χ3v) is 10.2. The van der Waals surface area contributed by atoms with Gasteiger partial charge in [-0.2, -0.15) is 0 Å². The Morgan fingerprint density at radius 1 is 1.11 bits per heavy atom. The van der Waals surface area contributed by atoms with Gasteiger partial charge in [-0.05, 0) is 73.8 Å². The van der Waals surface area contributed by atoms with Crippen LogP contribution in [0.15, 0.2) is 64.1 Å². The number of aliphatic hydroxyl groups is 1. The Kier molecular flexibility index (Phi) is 7.52. The smallest absolute Gasteiger partial charge is 0.345 e. The molecular weight excluding hydrogens is 566 g/mol. The number of hydrogen-bond donors (Lipinski definition) is 1. The van der Waals surface area contributed by atoms with Crippen LogP contribution in [0.3, 0.4) is 0 Å². The summed E-state index contributed by atoms with van der Waals surface area (Å²) in [5.74, 6) is -0.889. The number of hydrogen-bond acceptors (Lipinski definition) is 10. The van der Waals surface area contributed by atoms with E-state index in [2.05, 4.69) is 11.9 Å². The second kappa shape index (κ2) is 11.1. The fraction of sp³-hybridized carbons (Fsp3) is 0.471. The van der Waals surface area contributed by atoms with Gasteiger partial charge in [0.2, 0.25) is 0 Å². The fourth-order valence-electron chi connectivity index (χ4n) is 8.13. The largest absolute Gasteiger partial charge is 0.497 e. The van der Waals surface area contributed by atoms with Crippen LogP contribution in [-0.4, -0.2) is 46.9 Å². The van der Waals surface area contributed by atoms with Crippen molar-refractivity contribution < 1.29 is 38.1 Å². The molecular formula is C34H37NO9. The number of nitrogens with zero attached hydrogens (tertiary/aromatic N) is 1. The summed E-state index contributed by atoms with van der Waals surface area (Å²) in [5, 5.41) is 12.1. The Labute approximate surface area is 255 Å². The van der Waals surface area contributed by atoms with Crippen LogP contribution in [0, 0.1) is 23.2 Å². The molecule has 8 atom stereocenters. The minimum atomic E-state index is -1.27. The molecule has 2 aromatic heterocycles. The van der Waals surface area contributed by atoms with E-state index in [-0.39, 0.29) is 41.0 Å². The van der Waals surface area contributed by atoms with Crippen molar-refractivity contribution in [3.05, 3.63) is 76.4 Å². The summed E-state index contributed by atoms with van der Waals surface area (Å²) in [6.07, 6.45) is 2.36. The minimum Gasteiger partial charge on any atom is -0.497 e. The average molecular weight is 604 g/mol. The second-order valence-electron chi connectivity index (χ2n) is 12.6. The van der Waals surface area contributed by atoms with E-state index < -0.39 is 40.7 Å². The highest BCUT2D eigenvalue weighted by Crippen LogP contribution is 2.65. The summed E-state index contributed by atoms with van der Waals surface area (Å²) in [6, 6.07) is 11.8. The Morgan fingerprint density at radius 2 is 1.91 bits per heavy atom. The second-order valence-corrected chi connectivity index (χ2v) is 12.6. The maximum absolute atomic E-state index is 13.6. The number of aromatic nitrogens is 1. The highest BCUT2D eigenvalue weighted by Gasteiger charge is 2.68. The average Bonchev–Trinajstić information content (AvgIpc) is 2.99. The lowest BCUT2D eigenvalue weighted by Crippen LogP contribution is -2.69. The van der Waals surface area contributed by atoms with Crippen molar-refractivity contribution in [3.8, 4) is 22.8 Å². The lowest BCUT2D eigenvalue weighted by molar-refractivity contribution is -0.243. The van der Waals surface area contributed by atoms with Gasteiger partial charge in [-0.1, -0.05) is 19.9 Å². The number of aliphatic hydroxyl groups excluding tert-OH is 1. The molecule has 0 radical (unpaired) electrons. The van der Waals surface area contributed by atoms with Gasteiger partial charge in [-0.15, -0.1) is 0 Å². The summed E-state index contributed by atoms with van der Waals surface area (Å²) in [5.41, 5.74) is -1.56. The van der Waals surface area contributed by atoms with E-state index in [1.54, 1.807) is 54.9 Å². The zero-order valence-electron chi connectivity index (χ0n) is 25.4. The molecule has 0 bridgehead atoms. The van der Waals surface area contributed by atoms with Gasteiger partial charge in [0, 0.05) is 36.9 Å². The predicted molar refractivity (Wildman–Crippen MR) is 158 cm³/mol. The van der Waals surface area contributed by atoms with Crippen LogP contribution < -0.4 is 15.1 Å². The van der Waals surface area contributed by atoms with Crippen LogP contribution in [0.2, 0.25) is 0 Å². The van der Waals surface area contributed by atoms with Crippen molar-refractivity contribution in [2.75, 3.05) is 7.11 Å². The first-order valence-corrected chi connectivity index (χ1v) is 14.9. The van der Waals surface area contributed by atoms with Gasteiger partial charge in [-0.25, -0.2) is 9.59 Å². The Balaban J connectivity index is 1.45. The van der Waals surface area contributed by atoms with E-state index >= 15 is 0 Å². The quantitative estimate of drug-likeness (QED) is 0.392. The van der Waals surface area contributed by atoms with Gasteiger partial charge in [0.05, 0.1) is 18.8 Å². The summed E-state index contributed by atoms with van der Waals surface area (Å²) in [6.45, 7) is 7.35. The summed E-state index contributed by atoms with van der Waals surface area (Å²) >= 11 is 0. The maximum Gasteiger partial charge on any atom is 0.345 e. The van der Waals surface area contributed by atoms with Gasteiger partial charge in [0.15, 0.2) is 0 Å². The molecule has 44 heavy (non-hydrogen) atoms. The maximum atomic E-state index is 13.6. The van der Waals surface area contributed by atoms with E-state index in [4.69, 9.17) is 23.4 Å². The number of methoxy groups -OCH3 is 1. The molecule has 1 N–H and O–H groups in total. The molecule has 0 spiro atoms. The van der Waals surface area contributed by atoms with Crippen LogP contribution in [0.25, 0.3) is 11.3 Å². The van der Waals surface area contributed by atoms with Gasteiger partial charge in [-0.3, -0.25) is 9.78 Å². The van der Waals surface area contributed by atoms with E-state index in [0.717, 1.165) is 0 Å². The van der Waals surface area contributed by atoms with Crippen LogP contribution >= 0.6 is 0 Å². The third-order valence-electron chi connectivity index (χ3n) is 10.2. The van der Waals surface area contributed by atoms with E-state index in [0.29, 0.717) is 36.1 Å². The number of pyridine rings is 1. The fourth-order valence-corrected chi connectivity index (χ4v) is 8.13. The van der Waals surface area contributed by atoms with Crippen molar-refractivity contribution in [1.82, 2.24) is 4.98 Å². The van der Waals surface area contributed by atoms with Crippen molar-refractivity contribution in [3.63, 3.8) is 0 Å². The molecule has 8 unspecified atom stereocenters. The summed E-state index contributed by atoms with van der Waals surface area (Å²) < 4.78 is 29.7. The molecule has 3 aromatic rings. The monoisotopic (exact) mass is 603 g/mol. The Morgan fingerprint density at radius 3 is 2.61 bits per heavy atom. The topological polar surface area (TPSA) is 134 Å². The summed E-state index contributed by atoms with van der Waals surface area (Å²) in [4.78, 5) is 43.1. The normalized spacial score (nSPS) is 32.2. The summed E-state index contributed by atoms with van der Waals surface area (Å²) in [7, 11) is 1.52. The Hall–Kier alpha value is -4.18. The Bertz CT molecular complexity index is 1640. The first-order valence-electron chi connectivity index (χ1n) is 14.9. The van der Waals surface area contributed by atoms with Crippen molar-refractivity contribution in [2.45, 2.75) is 70.9 Å². The molecule has 2 saturated carbocycles. The van der Waals surface area contributed by atoms with E-state index in [9.17, 15) is 19.5 Å². The van der Waals surface area contributed by atoms with E-state index in [1.165, 1.54) is 14.0 Å². The third kappa shape index (κ3) is 4.85. The molecule has 2 fully saturated rings. The molecule has 3 aliphatic rings. The molecule has 3 heterocycles. The first-order chi connectivity index (χ1) is 21.0. The lowest BCUT2D eigenvalue weighted by Gasteiger charge is -2.64. The number of carbonyl (C=O) groups excluding carboxylic acids is 2. The number of rotatable bonds is 5. The van der Waals surface area contributed by atoms with Gasteiger partial charge in [0.25, 0.3) is 0 Å². The number of fused-ring (bicyclic) bond motifs is 4. The number of benzene rings is 1. The highest BCUT2D eigenvalue weighted by atomic mass is 16.6. The number of esters is 2. The molecule has 1 aromatic carbocycles. The van der Waals surface area contributed by atoms with Crippen LogP contribution in [0.4, 0.5) is 0 Å². The molecule has 2 aliphatic carbocycles. The van der Waals surface area contributed by atoms with Gasteiger partial charge < -0.3 is 28.5 Å². The molecule has 6 rings (SSSR count). The van der Waals surface area contributed by atoms with Crippen LogP contribution in [0.1, 0.15) is 69.0 Å². The van der Waals surface area contributed by atoms with E-state index in [1.807, 2.05) is 13.8 Å². The molecule has 0 amide bonds. The number of ether oxygens (including phenoxy) is 4.